The van der Waals surface area contributed by atoms with E-state index < -0.39 is 124 Å². The number of amides is 1. The summed E-state index contributed by atoms with van der Waals surface area (Å²) in [5.74, 6) is -0.268. The van der Waals surface area contributed by atoms with Gasteiger partial charge in [0.15, 0.2) is 18.9 Å². The van der Waals surface area contributed by atoms with Gasteiger partial charge in [-0.25, -0.2) is 0 Å². The molecular formula is C71H135NO18. The Kier molecular flexibility index (Phi) is 49.3. The Morgan fingerprint density at radius 2 is 0.689 bits per heavy atom. The number of unbranched alkanes of at least 4 members (excludes halogenated alkanes) is 42. The molecule has 19 heteroatoms. The van der Waals surface area contributed by atoms with Gasteiger partial charge < -0.3 is 89.9 Å². The van der Waals surface area contributed by atoms with Crippen LogP contribution in [0.5, 0.6) is 0 Å². The average molecular weight is 1290 g/mol. The molecule has 3 aliphatic heterocycles. The van der Waals surface area contributed by atoms with E-state index in [-0.39, 0.29) is 18.9 Å². The van der Waals surface area contributed by atoms with Crippen molar-refractivity contribution in [1.82, 2.24) is 5.32 Å². The Bertz CT molecular complexity index is 1680. The molecule has 19 nitrogen and oxygen atoms in total. The third-order valence-corrected chi connectivity index (χ3v) is 18.8. The number of allylic oxidation sites excluding steroid dienone is 1. The summed E-state index contributed by atoms with van der Waals surface area (Å²) >= 11 is 0. The molecule has 3 saturated heterocycles. The number of hydrogen-bond donors (Lipinski definition) is 12. The minimum atomic E-state index is -1.98. The maximum Gasteiger partial charge on any atom is 0.220 e. The second-order valence-corrected chi connectivity index (χ2v) is 26.8. The van der Waals surface area contributed by atoms with E-state index >= 15 is 0 Å². The number of ether oxygens (including phenoxy) is 6. The Morgan fingerprint density at radius 1 is 0.389 bits per heavy atom. The number of carbonyl (C=O) groups is 1. The van der Waals surface area contributed by atoms with Crippen molar-refractivity contribution in [2.75, 3.05) is 26.4 Å². The molecule has 0 saturated carbocycles. The van der Waals surface area contributed by atoms with Crippen molar-refractivity contribution in [3.63, 3.8) is 0 Å². The van der Waals surface area contributed by atoms with Gasteiger partial charge in [-0.05, 0) is 19.3 Å². The second kappa shape index (κ2) is 53.6. The van der Waals surface area contributed by atoms with Crippen LogP contribution in [-0.4, -0.2) is 193 Å². The first-order chi connectivity index (χ1) is 43.8. The van der Waals surface area contributed by atoms with E-state index in [0.717, 1.165) is 44.9 Å². The van der Waals surface area contributed by atoms with Crippen molar-refractivity contribution < 1.29 is 89.4 Å². The first kappa shape index (κ1) is 82.8. The lowest BCUT2D eigenvalue weighted by Gasteiger charge is -2.48. The highest BCUT2D eigenvalue weighted by Gasteiger charge is 2.53. The van der Waals surface area contributed by atoms with Crippen LogP contribution in [0.4, 0.5) is 0 Å². The van der Waals surface area contributed by atoms with Crippen molar-refractivity contribution in [2.24, 2.45) is 0 Å². The monoisotopic (exact) mass is 1290 g/mol. The van der Waals surface area contributed by atoms with E-state index in [1.165, 1.54) is 231 Å². The SMILES string of the molecule is CCCCCCCCCCCCCCCCC/C=C/C(O)C(COC1OC(CO)C(OC2OC(CO)C(OC3OC(CO)C(O)C(O)C3O)C(O)C2O)C(O)C1O)NC(=O)CCCCCCCCCCCCCCCCCCCCCCCCCCCCCC. The molecule has 17 unspecified atom stereocenters. The first-order valence-electron chi connectivity index (χ1n) is 36.9. The largest absolute Gasteiger partial charge is 0.394 e. The summed E-state index contributed by atoms with van der Waals surface area (Å²) in [5, 5.41) is 121. The summed E-state index contributed by atoms with van der Waals surface area (Å²) in [6.07, 6.45) is 33.4. The number of rotatable bonds is 58. The van der Waals surface area contributed by atoms with E-state index in [4.69, 9.17) is 28.4 Å². The van der Waals surface area contributed by atoms with E-state index in [1.807, 2.05) is 6.08 Å². The molecule has 3 fully saturated rings. The highest BCUT2D eigenvalue weighted by Crippen LogP contribution is 2.33. The zero-order valence-corrected chi connectivity index (χ0v) is 56.4. The summed E-state index contributed by atoms with van der Waals surface area (Å²) in [6, 6.07) is -0.969. The van der Waals surface area contributed by atoms with Gasteiger partial charge in [0.25, 0.3) is 0 Å². The molecule has 0 aliphatic carbocycles. The molecule has 0 aromatic rings. The molecule has 3 rings (SSSR count). The van der Waals surface area contributed by atoms with Crippen molar-refractivity contribution >= 4 is 5.91 Å². The third kappa shape index (κ3) is 35.0. The Balaban J connectivity index is 1.39. The lowest BCUT2D eigenvalue weighted by atomic mass is 9.96. The summed E-state index contributed by atoms with van der Waals surface area (Å²) < 4.78 is 34.4. The molecule has 3 aliphatic rings. The summed E-state index contributed by atoms with van der Waals surface area (Å²) in [6.45, 7) is 1.78. The summed E-state index contributed by atoms with van der Waals surface area (Å²) in [7, 11) is 0. The van der Waals surface area contributed by atoms with Gasteiger partial charge >= 0.3 is 0 Å². The van der Waals surface area contributed by atoms with Gasteiger partial charge in [-0.15, -0.1) is 0 Å². The molecule has 17 atom stereocenters. The number of aliphatic hydroxyl groups is 11. The van der Waals surface area contributed by atoms with Crippen LogP contribution < -0.4 is 5.32 Å². The second-order valence-electron chi connectivity index (χ2n) is 26.8. The molecule has 532 valence electrons. The predicted octanol–water partition coefficient (Wildman–Crippen LogP) is 10.4. The van der Waals surface area contributed by atoms with Crippen LogP contribution in [0.2, 0.25) is 0 Å². The van der Waals surface area contributed by atoms with E-state index in [9.17, 15) is 61.0 Å². The number of nitrogens with one attached hydrogen (secondary N) is 1. The Morgan fingerprint density at radius 3 is 1.04 bits per heavy atom. The van der Waals surface area contributed by atoms with Gasteiger partial charge in [0.1, 0.15) is 73.2 Å². The molecule has 3 heterocycles. The van der Waals surface area contributed by atoms with Crippen molar-refractivity contribution in [3.8, 4) is 0 Å². The molecule has 1 amide bonds. The van der Waals surface area contributed by atoms with Crippen LogP contribution in [0, 0.1) is 0 Å². The number of carbonyl (C=O) groups excluding carboxylic acids is 1. The van der Waals surface area contributed by atoms with Crippen molar-refractivity contribution in [3.05, 3.63) is 12.2 Å². The lowest BCUT2D eigenvalue weighted by Crippen LogP contribution is -2.66. The molecule has 90 heavy (non-hydrogen) atoms. The predicted molar refractivity (Wildman–Crippen MR) is 351 cm³/mol. The number of hydrogen-bond acceptors (Lipinski definition) is 18. The van der Waals surface area contributed by atoms with Gasteiger partial charge in [0.2, 0.25) is 5.91 Å². The third-order valence-electron chi connectivity index (χ3n) is 18.8. The minimum Gasteiger partial charge on any atom is -0.394 e. The van der Waals surface area contributed by atoms with Crippen LogP contribution >= 0.6 is 0 Å². The quantitative estimate of drug-likeness (QED) is 0.0199. The molecule has 0 aromatic carbocycles. The Hall–Kier alpha value is -1.47. The molecule has 0 spiro atoms. The van der Waals surface area contributed by atoms with Crippen LogP contribution in [-0.2, 0) is 33.2 Å². The highest BCUT2D eigenvalue weighted by atomic mass is 16.8. The van der Waals surface area contributed by atoms with Crippen LogP contribution in [0.3, 0.4) is 0 Å². The zero-order chi connectivity index (χ0) is 65.4. The molecule has 0 bridgehead atoms. The zero-order valence-electron chi connectivity index (χ0n) is 56.4. The fraction of sp³-hybridized carbons (Fsp3) is 0.958. The normalized spacial score (nSPS) is 28.0. The maximum atomic E-state index is 13.4. The fourth-order valence-corrected chi connectivity index (χ4v) is 12.8. The van der Waals surface area contributed by atoms with E-state index in [0.29, 0.717) is 6.42 Å². The smallest absolute Gasteiger partial charge is 0.220 e. The van der Waals surface area contributed by atoms with E-state index in [1.54, 1.807) is 6.08 Å². The fourth-order valence-electron chi connectivity index (χ4n) is 12.8. The average Bonchev–Trinajstić information content (AvgIpc) is 1.16. The highest BCUT2D eigenvalue weighted by molar-refractivity contribution is 5.76. The molecule has 0 aromatic heterocycles. The van der Waals surface area contributed by atoms with Crippen LogP contribution in [0.15, 0.2) is 12.2 Å². The van der Waals surface area contributed by atoms with Gasteiger partial charge in [0, 0.05) is 6.42 Å². The minimum absolute atomic E-state index is 0.250. The van der Waals surface area contributed by atoms with Crippen molar-refractivity contribution in [1.29, 1.82) is 0 Å². The summed E-state index contributed by atoms with van der Waals surface area (Å²) in [5.41, 5.74) is 0. The van der Waals surface area contributed by atoms with E-state index in [2.05, 4.69) is 19.2 Å². The molecule has 12 N–H and O–H groups in total. The van der Waals surface area contributed by atoms with Gasteiger partial charge in [-0.1, -0.05) is 289 Å². The van der Waals surface area contributed by atoms with Crippen LogP contribution in [0.1, 0.15) is 303 Å². The maximum absolute atomic E-state index is 13.4. The van der Waals surface area contributed by atoms with Gasteiger partial charge in [-0.3, -0.25) is 4.79 Å². The standard InChI is InChI=1S/C71H135NO18/c1-3-5-7-9-11-13-15-17-19-21-22-23-24-25-26-27-28-29-30-31-33-35-37-39-41-43-45-47-49-59(77)72-54(55(76)48-46-44-42-40-38-36-34-32-20-18-16-14-12-10-8-6-4-2)53-85-69-65(83)62(80)67(57(51-74)87-69)90-71-66(84)63(81)68(58(52-75)88-71)89-70-64(82)61(79)60(78)56(50-73)86-70/h46,48,54-58,60-71,73-76,78-84H,3-45,47,49-53H2,1-2H3,(H,72,77)/b48-46+. The van der Waals surface area contributed by atoms with Gasteiger partial charge in [-0.2, -0.15) is 0 Å². The van der Waals surface area contributed by atoms with Crippen LogP contribution in [0.25, 0.3) is 0 Å². The molecular weight excluding hydrogens is 1150 g/mol. The first-order valence-corrected chi connectivity index (χ1v) is 36.9. The number of aliphatic hydroxyl groups excluding tert-OH is 11. The molecule has 0 radical (unpaired) electrons. The Labute approximate surface area is 544 Å². The topological polar surface area (TPSA) is 307 Å². The van der Waals surface area contributed by atoms with Gasteiger partial charge in [0.05, 0.1) is 38.6 Å². The van der Waals surface area contributed by atoms with Crippen molar-refractivity contribution in [2.45, 2.75) is 407 Å². The lowest BCUT2D eigenvalue weighted by molar-refractivity contribution is -0.379. The summed E-state index contributed by atoms with van der Waals surface area (Å²) in [4.78, 5) is 13.4.